The molecule has 0 bridgehead atoms. The van der Waals surface area contributed by atoms with Gasteiger partial charge in [-0.1, -0.05) is 39.0 Å². The van der Waals surface area contributed by atoms with Crippen molar-refractivity contribution in [2.75, 3.05) is 6.61 Å². The molecule has 16 heavy (non-hydrogen) atoms. The molecule has 0 amide bonds. The van der Waals surface area contributed by atoms with Crippen LogP contribution < -0.4 is 5.32 Å². The maximum atomic E-state index is 9.60. The molecule has 0 fully saturated rings. The number of aliphatic hydroxyl groups excluding tert-OH is 1. The quantitative estimate of drug-likeness (QED) is 0.730. The second-order valence-electron chi connectivity index (χ2n) is 5.11. The lowest BCUT2D eigenvalue weighted by atomic mass is 9.87. The van der Waals surface area contributed by atoms with Crippen molar-refractivity contribution in [1.82, 2.24) is 5.32 Å². The van der Waals surface area contributed by atoms with Crippen LogP contribution >= 0.6 is 0 Å². The van der Waals surface area contributed by atoms with Gasteiger partial charge in [0.15, 0.2) is 0 Å². The van der Waals surface area contributed by atoms with Crippen LogP contribution in [0.15, 0.2) is 24.3 Å². The Labute approximate surface area is 97.1 Å². The Bertz CT molecular complexity index is 331. The van der Waals surface area contributed by atoms with Gasteiger partial charge in [0.1, 0.15) is 5.75 Å². The number of hydrogen-bond acceptors (Lipinski definition) is 3. The molecule has 3 N–H and O–H groups in total. The molecule has 1 aromatic carbocycles. The lowest BCUT2D eigenvalue weighted by molar-refractivity contribution is 0.157. The molecule has 0 unspecified atom stereocenters. The van der Waals surface area contributed by atoms with E-state index in [0.29, 0.717) is 12.3 Å². The SMILES string of the molecule is CC(C)(C)[C@H](CO)NCc1ccccc1O. The van der Waals surface area contributed by atoms with Crippen molar-refractivity contribution in [1.29, 1.82) is 0 Å². The molecular weight excluding hydrogens is 202 g/mol. The average molecular weight is 223 g/mol. The highest BCUT2D eigenvalue weighted by Gasteiger charge is 2.23. The van der Waals surface area contributed by atoms with Crippen LogP contribution in [0.25, 0.3) is 0 Å². The van der Waals surface area contributed by atoms with Gasteiger partial charge in [-0.05, 0) is 11.5 Å². The van der Waals surface area contributed by atoms with E-state index in [1.807, 2.05) is 12.1 Å². The number of rotatable bonds is 4. The largest absolute Gasteiger partial charge is 0.508 e. The number of benzene rings is 1. The summed E-state index contributed by atoms with van der Waals surface area (Å²) in [6.07, 6.45) is 0. The molecule has 1 rings (SSSR count). The number of phenolic OH excluding ortho intramolecular Hbond substituents is 1. The maximum absolute atomic E-state index is 9.60. The van der Waals surface area contributed by atoms with Gasteiger partial charge in [0.2, 0.25) is 0 Å². The number of aromatic hydroxyl groups is 1. The van der Waals surface area contributed by atoms with E-state index in [1.165, 1.54) is 0 Å². The molecule has 0 spiro atoms. The van der Waals surface area contributed by atoms with E-state index in [1.54, 1.807) is 12.1 Å². The van der Waals surface area contributed by atoms with Crippen molar-refractivity contribution in [2.45, 2.75) is 33.4 Å². The Kier molecular flexibility index (Phi) is 4.33. The molecule has 0 saturated carbocycles. The Morgan fingerprint density at radius 3 is 2.38 bits per heavy atom. The molecule has 0 heterocycles. The van der Waals surface area contributed by atoms with Gasteiger partial charge in [-0.2, -0.15) is 0 Å². The topological polar surface area (TPSA) is 52.5 Å². The first-order chi connectivity index (χ1) is 7.45. The van der Waals surface area contributed by atoms with Crippen molar-refractivity contribution in [3.05, 3.63) is 29.8 Å². The van der Waals surface area contributed by atoms with Crippen LogP contribution in [0, 0.1) is 5.41 Å². The molecular formula is C13H21NO2. The first-order valence-electron chi connectivity index (χ1n) is 5.56. The molecule has 0 radical (unpaired) electrons. The van der Waals surface area contributed by atoms with Crippen molar-refractivity contribution < 1.29 is 10.2 Å². The van der Waals surface area contributed by atoms with Gasteiger partial charge < -0.3 is 15.5 Å². The third kappa shape index (κ3) is 3.51. The fourth-order valence-corrected chi connectivity index (χ4v) is 1.54. The third-order valence-corrected chi connectivity index (χ3v) is 2.76. The molecule has 1 aromatic rings. The maximum Gasteiger partial charge on any atom is 0.120 e. The second-order valence-corrected chi connectivity index (χ2v) is 5.11. The summed E-state index contributed by atoms with van der Waals surface area (Å²) in [4.78, 5) is 0. The van der Waals surface area contributed by atoms with Crippen LogP contribution in [0.4, 0.5) is 0 Å². The van der Waals surface area contributed by atoms with Gasteiger partial charge in [0.05, 0.1) is 6.61 Å². The summed E-state index contributed by atoms with van der Waals surface area (Å²) >= 11 is 0. The van der Waals surface area contributed by atoms with Crippen LogP contribution in [0.2, 0.25) is 0 Å². The monoisotopic (exact) mass is 223 g/mol. The summed E-state index contributed by atoms with van der Waals surface area (Å²) in [6, 6.07) is 7.25. The fourth-order valence-electron chi connectivity index (χ4n) is 1.54. The predicted octanol–water partition coefficient (Wildman–Crippen LogP) is 1.89. The molecule has 0 aromatic heterocycles. The zero-order chi connectivity index (χ0) is 12.2. The molecule has 0 aliphatic carbocycles. The lowest BCUT2D eigenvalue weighted by Crippen LogP contribution is -2.42. The average Bonchev–Trinajstić information content (AvgIpc) is 2.19. The van der Waals surface area contributed by atoms with Crippen LogP contribution in [0.3, 0.4) is 0 Å². The van der Waals surface area contributed by atoms with E-state index >= 15 is 0 Å². The van der Waals surface area contributed by atoms with Crippen molar-refractivity contribution in [3.8, 4) is 5.75 Å². The smallest absolute Gasteiger partial charge is 0.120 e. The van der Waals surface area contributed by atoms with Crippen LogP contribution in [-0.4, -0.2) is 22.9 Å². The third-order valence-electron chi connectivity index (χ3n) is 2.76. The van der Waals surface area contributed by atoms with Crippen LogP contribution in [-0.2, 0) is 6.54 Å². The Morgan fingerprint density at radius 2 is 1.88 bits per heavy atom. The van der Waals surface area contributed by atoms with Gasteiger partial charge in [-0.15, -0.1) is 0 Å². The first kappa shape index (κ1) is 13.0. The van der Waals surface area contributed by atoms with E-state index in [9.17, 15) is 10.2 Å². The predicted molar refractivity (Wildman–Crippen MR) is 65.3 cm³/mol. The molecule has 0 aliphatic rings. The molecule has 0 saturated heterocycles. The first-order valence-corrected chi connectivity index (χ1v) is 5.56. The lowest BCUT2D eigenvalue weighted by Gasteiger charge is -2.30. The summed E-state index contributed by atoms with van der Waals surface area (Å²) in [5.74, 6) is 0.292. The Balaban J connectivity index is 2.60. The Hall–Kier alpha value is -1.06. The molecule has 0 aliphatic heterocycles. The van der Waals surface area contributed by atoms with Gasteiger partial charge in [0, 0.05) is 18.2 Å². The van der Waals surface area contributed by atoms with Crippen LogP contribution in [0.1, 0.15) is 26.3 Å². The molecule has 3 heteroatoms. The minimum atomic E-state index is -0.000844. The fraction of sp³-hybridized carbons (Fsp3) is 0.538. The Morgan fingerprint density at radius 1 is 1.25 bits per heavy atom. The van der Waals surface area contributed by atoms with E-state index in [4.69, 9.17) is 0 Å². The normalized spacial score (nSPS) is 13.8. The van der Waals surface area contributed by atoms with Crippen molar-refractivity contribution >= 4 is 0 Å². The van der Waals surface area contributed by atoms with Crippen molar-refractivity contribution in [2.24, 2.45) is 5.41 Å². The van der Waals surface area contributed by atoms with Crippen LogP contribution in [0.5, 0.6) is 5.75 Å². The highest BCUT2D eigenvalue weighted by Crippen LogP contribution is 2.20. The number of nitrogens with one attached hydrogen (secondary N) is 1. The zero-order valence-corrected chi connectivity index (χ0v) is 10.2. The number of para-hydroxylation sites is 1. The van der Waals surface area contributed by atoms with E-state index < -0.39 is 0 Å². The number of hydrogen-bond donors (Lipinski definition) is 3. The van der Waals surface area contributed by atoms with E-state index in [-0.39, 0.29) is 18.1 Å². The number of phenols is 1. The highest BCUT2D eigenvalue weighted by atomic mass is 16.3. The summed E-state index contributed by atoms with van der Waals surface area (Å²) in [5, 5.41) is 22.1. The molecule has 1 atom stereocenters. The standard InChI is InChI=1S/C13H21NO2/c1-13(2,3)12(9-15)14-8-10-6-4-5-7-11(10)16/h4-7,12,14-16H,8-9H2,1-3H3/t12-/m0/s1. The highest BCUT2D eigenvalue weighted by molar-refractivity contribution is 5.31. The summed E-state index contributed by atoms with van der Waals surface area (Å²) in [5.41, 5.74) is 0.851. The minimum Gasteiger partial charge on any atom is -0.508 e. The summed E-state index contributed by atoms with van der Waals surface area (Å²) in [7, 11) is 0. The number of aliphatic hydroxyl groups is 1. The van der Waals surface area contributed by atoms with E-state index in [0.717, 1.165) is 5.56 Å². The van der Waals surface area contributed by atoms with Gasteiger partial charge in [-0.25, -0.2) is 0 Å². The zero-order valence-electron chi connectivity index (χ0n) is 10.2. The molecule has 90 valence electrons. The minimum absolute atomic E-state index is 0.000844. The van der Waals surface area contributed by atoms with Gasteiger partial charge in [0.25, 0.3) is 0 Å². The van der Waals surface area contributed by atoms with Crippen molar-refractivity contribution in [3.63, 3.8) is 0 Å². The summed E-state index contributed by atoms with van der Waals surface area (Å²) < 4.78 is 0. The van der Waals surface area contributed by atoms with Gasteiger partial charge in [-0.3, -0.25) is 0 Å². The van der Waals surface area contributed by atoms with Gasteiger partial charge >= 0.3 is 0 Å². The second kappa shape index (κ2) is 5.32. The van der Waals surface area contributed by atoms with E-state index in [2.05, 4.69) is 26.1 Å². The molecule has 3 nitrogen and oxygen atoms in total. The summed E-state index contributed by atoms with van der Waals surface area (Å²) in [6.45, 7) is 6.88.